The van der Waals surface area contributed by atoms with Gasteiger partial charge < -0.3 is 9.47 Å². The molecule has 7 heteroatoms. The van der Waals surface area contributed by atoms with Gasteiger partial charge in [0.2, 0.25) is 0 Å². The van der Waals surface area contributed by atoms with Crippen molar-refractivity contribution in [1.82, 2.24) is 0 Å². The molecule has 0 fully saturated rings. The molecule has 0 saturated heterocycles. The molecule has 0 atom stereocenters. The van der Waals surface area contributed by atoms with E-state index in [-0.39, 0.29) is 17.4 Å². The monoisotopic (exact) mass is 472 g/mol. The minimum Gasteiger partial charge on any atom is -0.406 e. The van der Waals surface area contributed by atoms with Crippen LogP contribution < -0.4 is 4.74 Å². The van der Waals surface area contributed by atoms with Gasteiger partial charge in [0.05, 0.1) is 6.61 Å². The lowest BCUT2D eigenvalue weighted by atomic mass is 9.96. The first kappa shape index (κ1) is 23.7. The zero-order valence-electron chi connectivity index (χ0n) is 18.3. The van der Waals surface area contributed by atoms with Crippen LogP contribution >= 0.6 is 0 Å². The Hall–Kier alpha value is -3.45. The second kappa shape index (κ2) is 9.81. The van der Waals surface area contributed by atoms with Crippen molar-refractivity contribution in [3.63, 3.8) is 0 Å². The maximum atomic E-state index is 15.1. The van der Waals surface area contributed by atoms with Crippen molar-refractivity contribution < 1.29 is 31.4 Å². The van der Waals surface area contributed by atoms with E-state index in [0.29, 0.717) is 46.9 Å². The standard InChI is InChI=1S/C27H21F5O2/c1-33-16-18-5-12-23(25(28)14-18)20-9-13-24-21(15-20)8-7-19(26(24)29)6-2-17-3-10-22(11-4-17)34-27(30,31)32/h3-5,7-15H,2,6,16H2,1H3. The normalized spacial score (nSPS) is 11.7. The molecule has 0 aliphatic rings. The zero-order valence-corrected chi connectivity index (χ0v) is 18.3. The SMILES string of the molecule is COCc1ccc(-c2ccc3c(F)c(CCc4ccc(OC(F)(F)F)cc4)ccc3c2)c(F)c1. The predicted molar refractivity (Wildman–Crippen MR) is 121 cm³/mol. The highest BCUT2D eigenvalue weighted by molar-refractivity contribution is 5.88. The van der Waals surface area contributed by atoms with Gasteiger partial charge in [-0.15, -0.1) is 13.2 Å². The fraction of sp³-hybridized carbons (Fsp3) is 0.185. The van der Waals surface area contributed by atoms with E-state index in [1.807, 2.05) is 0 Å². The fourth-order valence-electron chi connectivity index (χ4n) is 3.88. The van der Waals surface area contributed by atoms with Gasteiger partial charge in [-0.3, -0.25) is 0 Å². The highest BCUT2D eigenvalue weighted by atomic mass is 19.4. The van der Waals surface area contributed by atoms with Gasteiger partial charge in [0.1, 0.15) is 17.4 Å². The lowest BCUT2D eigenvalue weighted by Gasteiger charge is -2.11. The quantitative estimate of drug-likeness (QED) is 0.258. The molecule has 0 bridgehead atoms. The summed E-state index contributed by atoms with van der Waals surface area (Å²) in [6, 6.07) is 19.0. The maximum absolute atomic E-state index is 15.1. The third kappa shape index (κ3) is 5.54. The van der Waals surface area contributed by atoms with E-state index in [4.69, 9.17) is 4.74 Å². The Kier molecular flexibility index (Phi) is 6.84. The second-order valence-electron chi connectivity index (χ2n) is 7.91. The number of aryl methyl sites for hydroxylation is 2. The minimum absolute atomic E-state index is 0.297. The number of methoxy groups -OCH3 is 1. The van der Waals surface area contributed by atoms with Gasteiger partial charge in [-0.25, -0.2) is 8.78 Å². The molecule has 4 rings (SSSR count). The van der Waals surface area contributed by atoms with Crippen LogP contribution in [0.1, 0.15) is 16.7 Å². The van der Waals surface area contributed by atoms with Crippen LogP contribution in [0.2, 0.25) is 0 Å². The Bertz CT molecular complexity index is 1300. The molecule has 0 spiro atoms. The molecule has 0 aromatic heterocycles. The smallest absolute Gasteiger partial charge is 0.406 e. The largest absolute Gasteiger partial charge is 0.573 e. The molecular formula is C27H21F5O2. The van der Waals surface area contributed by atoms with Gasteiger partial charge >= 0.3 is 6.36 Å². The number of rotatable bonds is 7. The van der Waals surface area contributed by atoms with Crippen molar-refractivity contribution in [2.24, 2.45) is 0 Å². The summed E-state index contributed by atoms with van der Waals surface area (Å²) in [5, 5.41) is 1.07. The highest BCUT2D eigenvalue weighted by Crippen LogP contribution is 2.30. The number of hydrogen-bond acceptors (Lipinski definition) is 2. The van der Waals surface area contributed by atoms with Gasteiger partial charge in [-0.1, -0.05) is 48.5 Å². The molecule has 4 aromatic rings. The zero-order chi connectivity index (χ0) is 24.3. The molecule has 176 valence electrons. The molecule has 2 nitrogen and oxygen atoms in total. The highest BCUT2D eigenvalue weighted by Gasteiger charge is 2.30. The lowest BCUT2D eigenvalue weighted by molar-refractivity contribution is -0.274. The fourth-order valence-corrected chi connectivity index (χ4v) is 3.88. The predicted octanol–water partition coefficient (Wildman–Crippen LogP) is 7.62. The van der Waals surface area contributed by atoms with Crippen LogP contribution in [0.5, 0.6) is 5.75 Å². The Labute approximate surface area is 193 Å². The molecular weight excluding hydrogens is 451 g/mol. The average molecular weight is 472 g/mol. The molecule has 0 radical (unpaired) electrons. The maximum Gasteiger partial charge on any atom is 0.573 e. The van der Waals surface area contributed by atoms with Crippen LogP contribution in [0, 0.1) is 11.6 Å². The molecule has 34 heavy (non-hydrogen) atoms. The molecule has 0 unspecified atom stereocenters. The van der Waals surface area contributed by atoms with E-state index in [9.17, 15) is 17.6 Å². The van der Waals surface area contributed by atoms with E-state index < -0.39 is 6.36 Å². The summed E-state index contributed by atoms with van der Waals surface area (Å²) in [6.45, 7) is 0.314. The number of fused-ring (bicyclic) bond motifs is 1. The summed E-state index contributed by atoms with van der Waals surface area (Å²) in [5.74, 6) is -1.04. The van der Waals surface area contributed by atoms with Crippen LogP contribution in [-0.4, -0.2) is 13.5 Å². The Morgan fingerprint density at radius 3 is 2.18 bits per heavy atom. The summed E-state index contributed by atoms with van der Waals surface area (Å²) in [7, 11) is 1.54. The molecule has 0 saturated carbocycles. The van der Waals surface area contributed by atoms with Crippen molar-refractivity contribution in [1.29, 1.82) is 0 Å². The van der Waals surface area contributed by atoms with Crippen molar-refractivity contribution in [3.05, 3.63) is 101 Å². The van der Waals surface area contributed by atoms with Gasteiger partial charge in [0.15, 0.2) is 0 Å². The van der Waals surface area contributed by atoms with Crippen molar-refractivity contribution in [2.45, 2.75) is 25.8 Å². The molecule has 0 heterocycles. The number of ether oxygens (including phenoxy) is 2. The Balaban J connectivity index is 1.51. The third-order valence-corrected chi connectivity index (χ3v) is 5.53. The Morgan fingerprint density at radius 2 is 1.50 bits per heavy atom. The molecule has 4 aromatic carbocycles. The molecule has 0 aliphatic carbocycles. The van der Waals surface area contributed by atoms with Gasteiger partial charge in [0.25, 0.3) is 0 Å². The summed E-state index contributed by atoms with van der Waals surface area (Å²) in [4.78, 5) is 0. The summed E-state index contributed by atoms with van der Waals surface area (Å²) in [5.41, 5.74) is 3.04. The Morgan fingerprint density at radius 1 is 0.765 bits per heavy atom. The van der Waals surface area contributed by atoms with Crippen LogP contribution in [0.15, 0.2) is 72.8 Å². The minimum atomic E-state index is -4.74. The van der Waals surface area contributed by atoms with Crippen LogP contribution in [-0.2, 0) is 24.2 Å². The van der Waals surface area contributed by atoms with E-state index in [2.05, 4.69) is 4.74 Å². The summed E-state index contributed by atoms with van der Waals surface area (Å²) in [6.07, 6.45) is -3.92. The first-order valence-electron chi connectivity index (χ1n) is 10.6. The van der Waals surface area contributed by atoms with Crippen molar-refractivity contribution in [2.75, 3.05) is 7.11 Å². The molecule has 0 N–H and O–H groups in total. The number of alkyl halides is 3. The van der Waals surface area contributed by atoms with Crippen LogP contribution in [0.4, 0.5) is 22.0 Å². The first-order chi connectivity index (χ1) is 16.2. The third-order valence-electron chi connectivity index (χ3n) is 5.53. The second-order valence-corrected chi connectivity index (χ2v) is 7.91. The van der Waals surface area contributed by atoms with Gasteiger partial charge in [-0.2, -0.15) is 0 Å². The summed E-state index contributed by atoms with van der Waals surface area (Å²) >= 11 is 0. The molecule has 0 amide bonds. The van der Waals surface area contributed by atoms with E-state index in [1.165, 1.54) is 30.3 Å². The topological polar surface area (TPSA) is 18.5 Å². The lowest BCUT2D eigenvalue weighted by Crippen LogP contribution is -2.17. The van der Waals surface area contributed by atoms with E-state index in [1.54, 1.807) is 49.6 Å². The number of hydrogen-bond donors (Lipinski definition) is 0. The number of halogens is 5. The molecule has 0 aliphatic heterocycles. The van der Waals surface area contributed by atoms with E-state index in [0.717, 1.165) is 11.1 Å². The first-order valence-corrected chi connectivity index (χ1v) is 10.6. The van der Waals surface area contributed by atoms with Crippen LogP contribution in [0.3, 0.4) is 0 Å². The van der Waals surface area contributed by atoms with Gasteiger partial charge in [-0.05, 0) is 64.7 Å². The van der Waals surface area contributed by atoms with Crippen molar-refractivity contribution >= 4 is 10.8 Å². The van der Waals surface area contributed by atoms with Gasteiger partial charge in [0, 0.05) is 18.1 Å². The average Bonchev–Trinajstić information content (AvgIpc) is 2.79. The van der Waals surface area contributed by atoms with Crippen LogP contribution in [0.25, 0.3) is 21.9 Å². The van der Waals surface area contributed by atoms with E-state index >= 15 is 4.39 Å². The summed E-state index contributed by atoms with van der Waals surface area (Å²) < 4.78 is 75.5. The number of benzene rings is 4. The van der Waals surface area contributed by atoms with Crippen molar-refractivity contribution in [3.8, 4) is 16.9 Å².